The predicted octanol–water partition coefficient (Wildman–Crippen LogP) is 1.45. The normalized spacial score (nSPS) is 12.7. The Morgan fingerprint density at radius 1 is 1.20 bits per heavy atom. The minimum atomic E-state index is -0.445. The summed E-state index contributed by atoms with van der Waals surface area (Å²) < 4.78 is 5.37. The van der Waals surface area contributed by atoms with E-state index in [4.69, 9.17) is 4.74 Å². The number of pyridine rings is 1. The third-order valence-corrected chi connectivity index (χ3v) is 3.50. The fourth-order valence-corrected chi connectivity index (χ4v) is 2.40. The molecule has 124 valence electrons. The zero-order chi connectivity index (χ0) is 17.2. The van der Waals surface area contributed by atoms with Crippen LogP contribution in [0.1, 0.15) is 10.4 Å². The number of carbonyl (C=O) groups is 2. The topological polar surface area (TPSA) is 122 Å². The van der Waals surface area contributed by atoms with Gasteiger partial charge in [-0.05, 0) is 24.3 Å². The van der Waals surface area contributed by atoms with E-state index in [0.717, 1.165) is 0 Å². The van der Waals surface area contributed by atoms with E-state index < -0.39 is 5.91 Å². The van der Waals surface area contributed by atoms with Gasteiger partial charge >= 0.3 is 0 Å². The van der Waals surface area contributed by atoms with Crippen molar-refractivity contribution in [1.82, 2.24) is 20.2 Å². The van der Waals surface area contributed by atoms with Crippen molar-refractivity contribution < 1.29 is 14.3 Å². The van der Waals surface area contributed by atoms with E-state index >= 15 is 0 Å². The average molecular weight is 336 g/mol. The molecular formula is C16H12N6O3. The number of H-pyrrole nitrogens is 1. The van der Waals surface area contributed by atoms with Gasteiger partial charge in [0.15, 0.2) is 18.2 Å². The Morgan fingerprint density at radius 3 is 2.96 bits per heavy atom. The maximum absolute atomic E-state index is 12.5. The lowest BCUT2D eigenvalue weighted by Gasteiger charge is -2.19. The summed E-state index contributed by atoms with van der Waals surface area (Å²) in [6.45, 7) is -0.137. The molecule has 3 aromatic rings. The largest absolute Gasteiger partial charge is 0.481 e. The van der Waals surface area contributed by atoms with Crippen molar-refractivity contribution in [3.8, 4) is 17.3 Å². The summed E-state index contributed by atoms with van der Waals surface area (Å²) in [5.41, 5.74) is 1.34. The van der Waals surface area contributed by atoms with Crippen LogP contribution < -0.4 is 15.4 Å². The van der Waals surface area contributed by atoms with Crippen molar-refractivity contribution in [2.24, 2.45) is 0 Å². The van der Waals surface area contributed by atoms with E-state index in [1.165, 1.54) is 0 Å². The molecule has 0 saturated carbocycles. The number of hydrogen-bond donors (Lipinski definition) is 3. The van der Waals surface area contributed by atoms with Gasteiger partial charge in [0.05, 0.1) is 11.3 Å². The zero-order valence-corrected chi connectivity index (χ0v) is 12.8. The summed E-state index contributed by atoms with van der Waals surface area (Å²) in [5.74, 6) is 0.163. The number of hydrogen-bond acceptors (Lipinski definition) is 6. The minimum Gasteiger partial charge on any atom is -0.481 e. The van der Waals surface area contributed by atoms with Crippen LogP contribution in [-0.4, -0.2) is 38.6 Å². The van der Waals surface area contributed by atoms with Gasteiger partial charge in [-0.15, -0.1) is 5.10 Å². The molecule has 1 aliphatic rings. The fourth-order valence-electron chi connectivity index (χ4n) is 2.40. The molecular weight excluding hydrogens is 324 g/mol. The van der Waals surface area contributed by atoms with Crippen molar-refractivity contribution in [1.29, 1.82) is 0 Å². The molecule has 1 aliphatic heterocycles. The number of para-hydroxylation sites is 1. The molecule has 0 aliphatic carbocycles. The second kappa shape index (κ2) is 6.04. The van der Waals surface area contributed by atoms with Crippen molar-refractivity contribution in [2.45, 2.75) is 0 Å². The van der Waals surface area contributed by atoms with Crippen LogP contribution in [0.5, 0.6) is 5.75 Å². The maximum Gasteiger partial charge on any atom is 0.262 e. The first kappa shape index (κ1) is 14.8. The number of fused-ring (bicyclic) bond motifs is 1. The first-order valence-corrected chi connectivity index (χ1v) is 7.41. The Balaban J connectivity index is 1.56. The molecule has 0 unspecified atom stereocenters. The van der Waals surface area contributed by atoms with E-state index in [2.05, 4.69) is 30.8 Å². The van der Waals surface area contributed by atoms with Crippen molar-refractivity contribution in [3.63, 3.8) is 0 Å². The van der Waals surface area contributed by atoms with E-state index in [1.54, 1.807) is 36.5 Å². The summed E-state index contributed by atoms with van der Waals surface area (Å²) in [7, 11) is 0. The molecule has 3 N–H and O–H groups in total. The molecule has 0 bridgehead atoms. The Morgan fingerprint density at radius 2 is 2.12 bits per heavy atom. The van der Waals surface area contributed by atoms with Crippen LogP contribution in [0.3, 0.4) is 0 Å². The molecule has 2 amide bonds. The first-order chi connectivity index (χ1) is 12.2. The van der Waals surface area contributed by atoms with Gasteiger partial charge in [-0.1, -0.05) is 12.1 Å². The second-order valence-corrected chi connectivity index (χ2v) is 5.20. The van der Waals surface area contributed by atoms with Crippen molar-refractivity contribution >= 4 is 23.5 Å². The van der Waals surface area contributed by atoms with Crippen LogP contribution in [0.2, 0.25) is 0 Å². The van der Waals surface area contributed by atoms with Gasteiger partial charge in [0.25, 0.3) is 11.8 Å². The van der Waals surface area contributed by atoms with Gasteiger partial charge in [0.1, 0.15) is 5.69 Å². The smallest absolute Gasteiger partial charge is 0.262 e. The summed E-state index contributed by atoms with van der Waals surface area (Å²) in [6.07, 6.45) is 1.64. The monoisotopic (exact) mass is 336 g/mol. The third kappa shape index (κ3) is 2.90. The van der Waals surface area contributed by atoms with Crippen LogP contribution in [0, 0.1) is 0 Å². The standard InChI is InChI=1S/C16H12N6O3/c23-12-8-25-13-9(4-3-6-10(13)18-12)15(24)20-16-19-14(21-22-16)11-5-1-2-7-17-11/h1-7H,8H2,(H,18,23)(H2,19,20,21,22,24). The molecule has 0 fully saturated rings. The van der Waals surface area contributed by atoms with E-state index in [-0.39, 0.29) is 24.0 Å². The summed E-state index contributed by atoms with van der Waals surface area (Å²) in [4.78, 5) is 32.2. The van der Waals surface area contributed by atoms with Crippen LogP contribution in [0.4, 0.5) is 11.6 Å². The average Bonchev–Trinajstić information content (AvgIpc) is 3.10. The number of aromatic nitrogens is 4. The highest BCUT2D eigenvalue weighted by molar-refractivity contribution is 6.08. The number of aromatic amines is 1. The van der Waals surface area contributed by atoms with Gasteiger partial charge in [-0.25, -0.2) is 0 Å². The lowest BCUT2D eigenvalue weighted by molar-refractivity contribution is -0.118. The van der Waals surface area contributed by atoms with Crippen LogP contribution >= 0.6 is 0 Å². The number of benzene rings is 1. The number of carbonyl (C=O) groups excluding carboxylic acids is 2. The Kier molecular flexibility index (Phi) is 3.58. The van der Waals surface area contributed by atoms with Crippen LogP contribution in [-0.2, 0) is 4.79 Å². The van der Waals surface area contributed by atoms with Crippen LogP contribution in [0.25, 0.3) is 11.5 Å². The Labute approximate surface area is 141 Å². The highest BCUT2D eigenvalue weighted by Crippen LogP contribution is 2.31. The number of nitrogens with one attached hydrogen (secondary N) is 3. The summed E-state index contributed by atoms with van der Waals surface area (Å²) in [6, 6.07) is 10.3. The molecule has 4 rings (SSSR count). The third-order valence-electron chi connectivity index (χ3n) is 3.50. The molecule has 0 saturated heterocycles. The fraction of sp³-hybridized carbons (Fsp3) is 0.0625. The Hall–Kier alpha value is -3.75. The summed E-state index contributed by atoms with van der Waals surface area (Å²) >= 11 is 0. The molecule has 0 radical (unpaired) electrons. The van der Waals surface area contributed by atoms with E-state index in [1.807, 2.05) is 6.07 Å². The number of rotatable bonds is 3. The number of nitrogens with zero attached hydrogens (tertiary/aromatic N) is 3. The lowest BCUT2D eigenvalue weighted by Crippen LogP contribution is -2.27. The van der Waals surface area contributed by atoms with E-state index in [0.29, 0.717) is 23.0 Å². The zero-order valence-electron chi connectivity index (χ0n) is 12.8. The molecule has 1 aromatic carbocycles. The second-order valence-electron chi connectivity index (χ2n) is 5.20. The van der Waals surface area contributed by atoms with Crippen LogP contribution in [0.15, 0.2) is 42.6 Å². The van der Waals surface area contributed by atoms with Crippen molar-refractivity contribution in [2.75, 3.05) is 17.2 Å². The summed E-state index contributed by atoms with van der Waals surface area (Å²) in [5, 5.41) is 11.9. The van der Waals surface area contributed by atoms with Gasteiger partial charge in [-0.3, -0.25) is 25.0 Å². The predicted molar refractivity (Wildman–Crippen MR) is 88.1 cm³/mol. The molecule has 3 heterocycles. The van der Waals surface area contributed by atoms with E-state index in [9.17, 15) is 9.59 Å². The molecule has 9 heteroatoms. The molecule has 9 nitrogen and oxygen atoms in total. The molecule has 0 atom stereocenters. The molecule has 0 spiro atoms. The Bertz CT molecular complexity index is 954. The van der Waals surface area contributed by atoms with Gasteiger partial charge in [-0.2, -0.15) is 4.98 Å². The number of anilines is 2. The minimum absolute atomic E-state index is 0.114. The maximum atomic E-state index is 12.5. The highest BCUT2D eigenvalue weighted by Gasteiger charge is 2.23. The number of ether oxygens (including phenoxy) is 1. The van der Waals surface area contributed by atoms with Gasteiger partial charge < -0.3 is 10.1 Å². The first-order valence-electron chi connectivity index (χ1n) is 7.41. The molecule has 25 heavy (non-hydrogen) atoms. The number of amides is 2. The van der Waals surface area contributed by atoms with Gasteiger partial charge in [0.2, 0.25) is 5.95 Å². The van der Waals surface area contributed by atoms with Crippen molar-refractivity contribution in [3.05, 3.63) is 48.2 Å². The van der Waals surface area contributed by atoms with Gasteiger partial charge in [0, 0.05) is 6.20 Å². The lowest BCUT2D eigenvalue weighted by atomic mass is 10.1. The highest BCUT2D eigenvalue weighted by atomic mass is 16.5. The quantitative estimate of drug-likeness (QED) is 0.665. The SMILES string of the molecule is O=C1COc2c(cccc2C(=O)Nc2n[nH]c(-c3ccccn3)n2)N1. The molecule has 2 aromatic heterocycles.